The van der Waals surface area contributed by atoms with Gasteiger partial charge in [0.05, 0.1) is 0 Å². The van der Waals surface area contributed by atoms with Gasteiger partial charge in [0.25, 0.3) is 0 Å². The van der Waals surface area contributed by atoms with Crippen LogP contribution in [0.2, 0.25) is 13.1 Å². The van der Waals surface area contributed by atoms with Gasteiger partial charge in [0.2, 0.25) is 0 Å². The first-order chi connectivity index (χ1) is 14.5. The Labute approximate surface area is 211 Å². The van der Waals surface area contributed by atoms with Gasteiger partial charge in [0, 0.05) is 0 Å². The van der Waals surface area contributed by atoms with Gasteiger partial charge in [-0.2, -0.15) is 0 Å². The summed E-state index contributed by atoms with van der Waals surface area (Å²) in [4.78, 5) is 0. The molecule has 0 aromatic heterocycles. The fourth-order valence-corrected chi connectivity index (χ4v) is 23.5. The number of ether oxygens (including phenoxy) is 4. The summed E-state index contributed by atoms with van der Waals surface area (Å²) < 4.78 is 23.9. The van der Waals surface area contributed by atoms with Crippen molar-refractivity contribution < 1.29 is 64.1 Å². The van der Waals surface area contributed by atoms with Crippen molar-refractivity contribution >= 4 is 17.6 Å². The first-order valence-electron chi connectivity index (χ1n) is 10.1. The molecule has 0 aliphatic heterocycles. The van der Waals surface area contributed by atoms with Gasteiger partial charge in [-0.25, -0.2) is 0 Å². The summed E-state index contributed by atoms with van der Waals surface area (Å²) >= 11 is -2.12. The van der Waals surface area contributed by atoms with Crippen LogP contribution < -0.4 is 43.8 Å². The monoisotopic (exact) mass is 568 g/mol. The third-order valence-corrected chi connectivity index (χ3v) is 25.1. The molecule has 0 saturated heterocycles. The van der Waals surface area contributed by atoms with E-state index in [4.69, 9.17) is 18.9 Å². The molecule has 2 aromatic carbocycles. The molecule has 2 atom stereocenters. The second kappa shape index (κ2) is 11.3. The maximum atomic E-state index is 5.81. The van der Waals surface area contributed by atoms with Crippen molar-refractivity contribution in [1.82, 2.24) is 0 Å². The zero-order chi connectivity index (χ0) is 21.4. The molecule has 0 bridgehead atoms. The number of allylic oxidation sites excluding steroid dienone is 2. The van der Waals surface area contributed by atoms with Crippen LogP contribution in [0.1, 0.15) is 29.5 Å². The smallest absolute Gasteiger partial charge is 1.00 e. The van der Waals surface area contributed by atoms with E-state index in [-0.39, 0.29) is 24.8 Å². The average Bonchev–Trinajstić information content (AvgIpc) is 3.38. The molecule has 32 heavy (non-hydrogen) atoms. The van der Waals surface area contributed by atoms with Gasteiger partial charge in [-0.3, -0.25) is 0 Å². The van der Waals surface area contributed by atoms with Crippen LogP contribution in [-0.4, -0.2) is 33.9 Å². The first kappa shape index (κ1) is 27.0. The minimum atomic E-state index is -2.12. The number of benzene rings is 2. The van der Waals surface area contributed by atoms with Crippen molar-refractivity contribution in [3.63, 3.8) is 0 Å². The number of halogens is 2. The molecule has 4 nitrogen and oxygen atoms in total. The van der Waals surface area contributed by atoms with Gasteiger partial charge in [-0.15, -0.1) is 0 Å². The molecule has 2 aliphatic rings. The van der Waals surface area contributed by atoms with Crippen molar-refractivity contribution in [2.75, 3.05) is 28.4 Å². The van der Waals surface area contributed by atoms with E-state index in [1.807, 2.05) is 12.1 Å². The second-order valence-corrected chi connectivity index (χ2v) is 25.8. The van der Waals surface area contributed by atoms with Crippen LogP contribution in [0.4, 0.5) is 0 Å². The number of rotatable bonds is 6. The molecule has 2 aromatic rings. The number of fused-ring (bicyclic) bond motifs is 2. The van der Waals surface area contributed by atoms with E-state index < -0.39 is 25.8 Å². The van der Waals surface area contributed by atoms with E-state index in [1.54, 1.807) is 28.4 Å². The van der Waals surface area contributed by atoms with Gasteiger partial charge in [-0.05, 0) is 0 Å². The fraction of sp³-hybridized carbons (Fsp3) is 0.333. The van der Waals surface area contributed by atoms with Gasteiger partial charge in [-0.1, -0.05) is 0 Å². The summed E-state index contributed by atoms with van der Waals surface area (Å²) in [5, 5.41) is 0. The van der Waals surface area contributed by atoms with E-state index >= 15 is 0 Å². The molecule has 8 heteroatoms. The molecular weight excluding hydrogens is 542 g/mol. The van der Waals surface area contributed by atoms with Gasteiger partial charge in [0.1, 0.15) is 0 Å². The van der Waals surface area contributed by atoms with Crippen LogP contribution in [0.15, 0.2) is 36.4 Å². The third kappa shape index (κ3) is 4.44. The summed E-state index contributed by atoms with van der Waals surface area (Å²) in [6, 6.07) is 8.13. The normalized spacial score (nSPS) is 16.7. The third-order valence-electron chi connectivity index (χ3n) is 6.07. The van der Waals surface area contributed by atoms with E-state index in [0.29, 0.717) is 7.25 Å². The Morgan fingerprint density at radius 1 is 0.625 bits per heavy atom. The maximum Gasteiger partial charge on any atom is -1.00 e. The Balaban J connectivity index is 0.00000181. The molecule has 170 valence electrons. The topological polar surface area (TPSA) is 36.9 Å². The summed E-state index contributed by atoms with van der Waals surface area (Å²) in [6.45, 7) is 4.97. The molecule has 0 heterocycles. The summed E-state index contributed by atoms with van der Waals surface area (Å²) in [7, 11) is 7.02. The predicted molar refractivity (Wildman–Crippen MR) is 120 cm³/mol. The van der Waals surface area contributed by atoms with Crippen LogP contribution in [0.3, 0.4) is 0 Å². The quantitative estimate of drug-likeness (QED) is 0.437. The van der Waals surface area contributed by atoms with E-state index in [0.717, 1.165) is 23.0 Å². The van der Waals surface area contributed by atoms with E-state index in [2.05, 4.69) is 49.5 Å². The molecule has 0 radical (unpaired) electrons. The molecule has 0 amide bonds. The minimum absolute atomic E-state index is 0. The Kier molecular flexibility index (Phi) is 9.54. The van der Waals surface area contributed by atoms with Gasteiger partial charge in [0.15, 0.2) is 0 Å². The van der Waals surface area contributed by atoms with Crippen molar-refractivity contribution in [2.45, 2.75) is 20.3 Å². The zero-order valence-corrected chi connectivity index (χ0v) is 24.1. The summed E-state index contributed by atoms with van der Waals surface area (Å²) in [5.41, 5.74) is 4.50. The van der Waals surface area contributed by atoms with Crippen LogP contribution in [0.5, 0.6) is 23.0 Å². The average molecular weight is 571 g/mol. The maximum absolute atomic E-state index is 5.81. The Bertz CT molecular complexity index is 1010. The van der Waals surface area contributed by atoms with Crippen LogP contribution in [0, 0.1) is 0 Å². The SMILES string of the molecule is COc1ccc(OC)c2c1C=C[CH]2[Zr+2]([CH]1C=Cc2c(OC)ccc(OC)c21)=[Si](C)C.[Cl-].[Cl-]. The number of hydrogen-bond donors (Lipinski definition) is 0. The molecule has 0 saturated carbocycles. The fourth-order valence-electron chi connectivity index (χ4n) is 4.80. The predicted octanol–water partition coefficient (Wildman–Crippen LogP) is -0.566. The van der Waals surface area contributed by atoms with Crippen LogP contribution in [-0.2, 0) is 20.4 Å². The van der Waals surface area contributed by atoms with Crippen molar-refractivity contribution in [1.29, 1.82) is 0 Å². The van der Waals surface area contributed by atoms with E-state index in [1.165, 1.54) is 22.3 Å². The largest absolute Gasteiger partial charge is 1.00 e. The number of hydrogen-bond acceptors (Lipinski definition) is 4. The van der Waals surface area contributed by atoms with E-state index in [9.17, 15) is 0 Å². The van der Waals surface area contributed by atoms with Gasteiger partial charge >= 0.3 is 187 Å². The van der Waals surface area contributed by atoms with Crippen molar-refractivity contribution in [2.24, 2.45) is 0 Å². The summed E-state index contributed by atoms with van der Waals surface area (Å²) in [6.07, 6.45) is 9.32. The molecule has 0 fully saturated rings. The van der Waals surface area contributed by atoms with Crippen molar-refractivity contribution in [3.05, 3.63) is 58.7 Å². The van der Waals surface area contributed by atoms with Crippen LogP contribution >= 0.6 is 0 Å². The molecule has 0 N–H and O–H groups in total. The molecular formula is C24H28Cl2O4SiZr. The van der Waals surface area contributed by atoms with Crippen LogP contribution in [0.25, 0.3) is 12.2 Å². The molecule has 2 unspecified atom stereocenters. The van der Waals surface area contributed by atoms with Gasteiger partial charge < -0.3 is 24.8 Å². The molecule has 4 rings (SSSR count). The first-order valence-corrected chi connectivity index (χ1v) is 19.1. The summed E-state index contributed by atoms with van der Waals surface area (Å²) in [5.74, 6) is 3.80. The minimum Gasteiger partial charge on any atom is -1.00 e. The Morgan fingerprint density at radius 2 is 0.969 bits per heavy atom. The Hall–Kier alpha value is -1.20. The molecule has 0 spiro atoms. The van der Waals surface area contributed by atoms with Crippen molar-refractivity contribution in [3.8, 4) is 23.0 Å². The second-order valence-electron chi connectivity index (χ2n) is 7.72. The standard InChI is InChI=1S/2C11H11O2.C2H6Si.2ClH.Zr/c2*1-12-10-6-7-11(13-2)9-5-3-4-8(9)10;1-3-2;;;/h2*3-7H,1-2H3;1-2H3;2*1H;/q;;;;;+2/p-2. The Morgan fingerprint density at radius 3 is 1.28 bits per heavy atom. The molecule has 2 aliphatic carbocycles. The number of methoxy groups -OCH3 is 4. The zero-order valence-electron chi connectivity index (χ0n) is 19.2.